The quantitative estimate of drug-likeness (QED) is 0.443. The van der Waals surface area contributed by atoms with Gasteiger partial charge in [0.25, 0.3) is 5.91 Å². The SMILES string of the molecule is CC(C)(C)OC(=O)N1CCOC(=O)C1.CC(C)(C)OC(=O)N1CCOCC1=O. The summed E-state index contributed by atoms with van der Waals surface area (Å²) >= 11 is 0. The molecule has 0 bridgehead atoms. The molecule has 0 aliphatic carbocycles. The van der Waals surface area contributed by atoms with Crippen LogP contribution < -0.4 is 0 Å². The Morgan fingerprint density at radius 2 is 1.46 bits per heavy atom. The first-order chi connectivity index (χ1) is 12.8. The highest BCUT2D eigenvalue weighted by Crippen LogP contribution is 2.12. The number of carbonyl (C=O) groups excluding carboxylic acids is 4. The third-order valence-electron chi connectivity index (χ3n) is 3.20. The average molecular weight is 402 g/mol. The van der Waals surface area contributed by atoms with E-state index in [0.717, 1.165) is 4.90 Å². The van der Waals surface area contributed by atoms with Crippen molar-refractivity contribution in [3.8, 4) is 0 Å². The van der Waals surface area contributed by atoms with Crippen molar-refractivity contribution in [3.05, 3.63) is 0 Å². The number of hydrogen-bond donors (Lipinski definition) is 0. The first kappa shape index (κ1) is 23.7. The summed E-state index contributed by atoms with van der Waals surface area (Å²) in [4.78, 5) is 47.4. The fourth-order valence-electron chi connectivity index (χ4n) is 2.06. The van der Waals surface area contributed by atoms with Gasteiger partial charge < -0.3 is 18.9 Å². The molecule has 2 saturated heterocycles. The summed E-state index contributed by atoms with van der Waals surface area (Å²) in [6.45, 7) is 11.9. The molecule has 0 saturated carbocycles. The maximum atomic E-state index is 11.5. The van der Waals surface area contributed by atoms with Crippen LogP contribution in [0.15, 0.2) is 0 Å². The number of amides is 3. The summed E-state index contributed by atoms with van der Waals surface area (Å²) in [6, 6.07) is 0. The van der Waals surface area contributed by atoms with Gasteiger partial charge in [0.15, 0.2) is 0 Å². The Balaban J connectivity index is 0.000000280. The molecule has 0 N–H and O–H groups in total. The molecular formula is C18H30N2O8. The number of morpholine rings is 2. The zero-order chi connectivity index (χ0) is 21.5. The topological polar surface area (TPSA) is 112 Å². The zero-order valence-corrected chi connectivity index (χ0v) is 17.4. The van der Waals surface area contributed by atoms with Gasteiger partial charge in [-0.05, 0) is 41.5 Å². The molecule has 3 amide bonds. The first-order valence-electron chi connectivity index (χ1n) is 9.03. The lowest BCUT2D eigenvalue weighted by molar-refractivity contribution is -0.150. The van der Waals surface area contributed by atoms with Crippen molar-refractivity contribution in [1.82, 2.24) is 9.80 Å². The molecule has 28 heavy (non-hydrogen) atoms. The Morgan fingerprint density at radius 1 is 0.893 bits per heavy atom. The van der Waals surface area contributed by atoms with Crippen LogP contribution in [-0.4, -0.2) is 84.5 Å². The van der Waals surface area contributed by atoms with Crippen molar-refractivity contribution in [2.24, 2.45) is 0 Å². The number of hydrogen-bond acceptors (Lipinski definition) is 8. The van der Waals surface area contributed by atoms with E-state index < -0.39 is 23.4 Å². The van der Waals surface area contributed by atoms with Gasteiger partial charge in [-0.15, -0.1) is 0 Å². The van der Waals surface area contributed by atoms with Crippen LogP contribution in [0, 0.1) is 0 Å². The van der Waals surface area contributed by atoms with E-state index in [1.165, 1.54) is 4.90 Å². The minimum atomic E-state index is -0.592. The number of carbonyl (C=O) groups is 4. The van der Waals surface area contributed by atoms with E-state index in [2.05, 4.69) is 0 Å². The van der Waals surface area contributed by atoms with Crippen LogP contribution in [0.5, 0.6) is 0 Å². The van der Waals surface area contributed by atoms with Crippen molar-refractivity contribution >= 4 is 24.1 Å². The minimum Gasteiger partial charge on any atom is -0.462 e. The molecule has 0 spiro atoms. The van der Waals surface area contributed by atoms with Gasteiger partial charge in [-0.3, -0.25) is 14.5 Å². The van der Waals surface area contributed by atoms with Crippen LogP contribution in [0.25, 0.3) is 0 Å². The van der Waals surface area contributed by atoms with E-state index in [0.29, 0.717) is 13.2 Å². The normalized spacial score (nSPS) is 17.9. The number of rotatable bonds is 0. The molecule has 10 heteroatoms. The Morgan fingerprint density at radius 3 is 1.96 bits per heavy atom. The van der Waals surface area contributed by atoms with Gasteiger partial charge in [-0.1, -0.05) is 0 Å². The number of esters is 1. The summed E-state index contributed by atoms with van der Waals surface area (Å²) in [7, 11) is 0. The summed E-state index contributed by atoms with van der Waals surface area (Å²) in [6.07, 6.45) is -1.06. The van der Waals surface area contributed by atoms with E-state index in [1.807, 2.05) is 0 Å². The van der Waals surface area contributed by atoms with E-state index in [9.17, 15) is 19.2 Å². The monoisotopic (exact) mass is 402 g/mol. The maximum Gasteiger partial charge on any atom is 0.417 e. The zero-order valence-electron chi connectivity index (χ0n) is 17.4. The van der Waals surface area contributed by atoms with Gasteiger partial charge in [-0.2, -0.15) is 0 Å². The molecule has 2 heterocycles. The van der Waals surface area contributed by atoms with Crippen LogP contribution in [0.3, 0.4) is 0 Å². The van der Waals surface area contributed by atoms with Crippen molar-refractivity contribution < 1.29 is 38.1 Å². The summed E-state index contributed by atoms with van der Waals surface area (Å²) < 4.78 is 19.8. The van der Waals surface area contributed by atoms with Crippen molar-refractivity contribution in [1.29, 1.82) is 0 Å². The second-order valence-electron chi connectivity index (χ2n) is 8.20. The standard InChI is InChI=1S/2C9H15NO4/c1-9(2,3)14-8(12)10-4-5-13-6-7(10)11;1-9(2,3)14-8(12)10-4-5-13-7(11)6-10/h2*4-6H2,1-3H3. The Labute approximate surface area is 165 Å². The lowest BCUT2D eigenvalue weighted by Gasteiger charge is -2.29. The molecule has 10 nitrogen and oxygen atoms in total. The largest absolute Gasteiger partial charge is 0.462 e. The smallest absolute Gasteiger partial charge is 0.417 e. The van der Waals surface area contributed by atoms with Gasteiger partial charge in [0, 0.05) is 0 Å². The van der Waals surface area contributed by atoms with Crippen molar-refractivity contribution in [3.63, 3.8) is 0 Å². The number of ether oxygens (including phenoxy) is 4. The molecule has 2 aliphatic heterocycles. The van der Waals surface area contributed by atoms with Crippen molar-refractivity contribution in [2.45, 2.75) is 52.7 Å². The van der Waals surface area contributed by atoms with Gasteiger partial charge in [0.1, 0.15) is 31.0 Å². The molecular weight excluding hydrogens is 372 g/mol. The van der Waals surface area contributed by atoms with Crippen LogP contribution >= 0.6 is 0 Å². The van der Waals surface area contributed by atoms with Gasteiger partial charge in [-0.25, -0.2) is 14.5 Å². The number of imide groups is 1. The molecule has 0 radical (unpaired) electrons. The molecule has 160 valence electrons. The highest BCUT2D eigenvalue weighted by Gasteiger charge is 2.29. The van der Waals surface area contributed by atoms with Crippen LogP contribution in [-0.2, 0) is 28.5 Å². The molecule has 2 fully saturated rings. The van der Waals surface area contributed by atoms with Crippen LogP contribution in [0.4, 0.5) is 9.59 Å². The van der Waals surface area contributed by atoms with Gasteiger partial charge in [0.2, 0.25) is 0 Å². The predicted molar refractivity (Wildman–Crippen MR) is 97.5 cm³/mol. The summed E-state index contributed by atoms with van der Waals surface area (Å²) in [5.41, 5.74) is -1.10. The second-order valence-corrected chi connectivity index (χ2v) is 8.20. The van der Waals surface area contributed by atoms with Crippen molar-refractivity contribution in [2.75, 3.05) is 39.5 Å². The Hall–Kier alpha value is -2.36. The summed E-state index contributed by atoms with van der Waals surface area (Å²) in [5.74, 6) is -0.729. The molecule has 0 unspecified atom stereocenters. The first-order valence-corrected chi connectivity index (χ1v) is 9.03. The van der Waals surface area contributed by atoms with E-state index >= 15 is 0 Å². The highest BCUT2D eigenvalue weighted by atomic mass is 16.6. The molecule has 0 atom stereocenters. The van der Waals surface area contributed by atoms with Gasteiger partial charge in [0.05, 0.1) is 19.7 Å². The molecule has 2 aliphatic rings. The third kappa shape index (κ3) is 9.03. The lowest BCUT2D eigenvalue weighted by atomic mass is 10.2. The number of cyclic esters (lactones) is 1. The maximum absolute atomic E-state index is 11.5. The van der Waals surface area contributed by atoms with Crippen LogP contribution in [0.1, 0.15) is 41.5 Å². The van der Waals surface area contributed by atoms with E-state index in [-0.39, 0.29) is 38.2 Å². The predicted octanol–water partition coefficient (Wildman–Crippen LogP) is 1.56. The van der Waals surface area contributed by atoms with E-state index in [1.54, 1.807) is 41.5 Å². The fraction of sp³-hybridized carbons (Fsp3) is 0.778. The van der Waals surface area contributed by atoms with E-state index in [4.69, 9.17) is 18.9 Å². The Kier molecular flexibility index (Phi) is 8.22. The minimum absolute atomic E-state index is 0.0189. The molecule has 0 aromatic rings. The van der Waals surface area contributed by atoms with Gasteiger partial charge >= 0.3 is 18.2 Å². The summed E-state index contributed by atoms with van der Waals surface area (Å²) in [5, 5.41) is 0. The lowest BCUT2D eigenvalue weighted by Crippen LogP contribution is -2.47. The number of nitrogens with zero attached hydrogens (tertiary/aromatic N) is 2. The third-order valence-corrected chi connectivity index (χ3v) is 3.20. The average Bonchev–Trinajstić information content (AvgIpc) is 2.52. The fourth-order valence-corrected chi connectivity index (χ4v) is 2.06. The highest BCUT2D eigenvalue weighted by molar-refractivity contribution is 5.93. The van der Waals surface area contributed by atoms with Crippen LogP contribution in [0.2, 0.25) is 0 Å². The molecule has 0 aromatic carbocycles. The second kappa shape index (κ2) is 9.72. The Bertz CT molecular complexity index is 591. The molecule has 2 rings (SSSR count). The molecule has 0 aromatic heterocycles.